The van der Waals surface area contributed by atoms with Gasteiger partial charge in [-0.15, -0.1) is 0 Å². The molecule has 5 rings (SSSR count). The lowest BCUT2D eigenvalue weighted by Crippen LogP contribution is -2.35. The number of benzene rings is 3. The lowest BCUT2D eigenvalue weighted by molar-refractivity contribution is -0.150. The first-order valence-electron chi connectivity index (χ1n) is 13.8. The molecule has 1 heterocycles. The Bertz CT molecular complexity index is 1560. The van der Waals surface area contributed by atoms with E-state index in [1.807, 2.05) is 0 Å². The van der Waals surface area contributed by atoms with Crippen LogP contribution in [0.1, 0.15) is 42.5 Å². The van der Waals surface area contributed by atoms with Crippen LogP contribution in [0.2, 0.25) is 0 Å². The monoisotopic (exact) mass is 573 g/mol. The van der Waals surface area contributed by atoms with Crippen molar-refractivity contribution >= 4 is 28.5 Å². The second-order valence-corrected chi connectivity index (χ2v) is 9.98. The Hall–Kier alpha value is -4.70. The zero-order chi connectivity index (χ0) is 29.5. The van der Waals surface area contributed by atoms with Crippen molar-refractivity contribution in [2.24, 2.45) is 5.73 Å². The van der Waals surface area contributed by atoms with Crippen molar-refractivity contribution in [2.45, 2.75) is 44.2 Å². The normalized spacial score (nSPS) is 13.9. The average molecular weight is 574 g/mol. The molecule has 42 heavy (non-hydrogen) atoms. The molecule has 1 aliphatic rings. The van der Waals surface area contributed by atoms with Gasteiger partial charge in [-0.2, -0.15) is 0 Å². The first-order valence-corrected chi connectivity index (χ1v) is 13.8. The highest BCUT2D eigenvalue weighted by atomic mass is 19.1. The Labute approximate surface area is 242 Å². The van der Waals surface area contributed by atoms with Crippen LogP contribution in [0.4, 0.5) is 10.1 Å². The minimum absolute atomic E-state index is 0.0306. The number of nitrogens with two attached hydrogens (primary N) is 1. The summed E-state index contributed by atoms with van der Waals surface area (Å²) in [7, 11) is 1.53. The third-order valence-electron chi connectivity index (χ3n) is 7.02. The van der Waals surface area contributed by atoms with Crippen LogP contribution >= 0.6 is 0 Å². The number of ether oxygens (including phenoxy) is 4. The van der Waals surface area contributed by atoms with Crippen LogP contribution < -0.4 is 25.3 Å². The molecular formula is C32H32FN3O6. The van der Waals surface area contributed by atoms with Gasteiger partial charge in [-0.05, 0) is 74.2 Å². The Morgan fingerprint density at radius 1 is 1.02 bits per heavy atom. The summed E-state index contributed by atoms with van der Waals surface area (Å²) >= 11 is 0. The van der Waals surface area contributed by atoms with Crippen LogP contribution in [0.3, 0.4) is 0 Å². The molecule has 1 saturated carbocycles. The average Bonchev–Trinajstić information content (AvgIpc) is 3.51. The van der Waals surface area contributed by atoms with E-state index in [2.05, 4.69) is 10.3 Å². The summed E-state index contributed by atoms with van der Waals surface area (Å²) in [4.78, 5) is 29.1. The first-order chi connectivity index (χ1) is 20.4. The number of fused-ring (bicyclic) bond motifs is 1. The lowest BCUT2D eigenvalue weighted by atomic mass is 10.1. The van der Waals surface area contributed by atoms with Crippen molar-refractivity contribution in [3.8, 4) is 23.0 Å². The molecule has 0 unspecified atom stereocenters. The fourth-order valence-corrected chi connectivity index (χ4v) is 4.74. The molecule has 218 valence electrons. The second-order valence-electron chi connectivity index (χ2n) is 9.98. The Morgan fingerprint density at radius 3 is 2.52 bits per heavy atom. The molecule has 1 fully saturated rings. The van der Waals surface area contributed by atoms with Crippen molar-refractivity contribution in [2.75, 3.05) is 19.0 Å². The van der Waals surface area contributed by atoms with Gasteiger partial charge >= 0.3 is 5.97 Å². The molecule has 4 aromatic rings. The fraction of sp³-hybridized carbons (Fsp3) is 0.281. The number of halogens is 1. The van der Waals surface area contributed by atoms with Gasteiger partial charge in [0.25, 0.3) is 5.91 Å². The first kappa shape index (κ1) is 28.8. The Balaban J connectivity index is 1.23. The maximum atomic E-state index is 13.9. The van der Waals surface area contributed by atoms with Crippen LogP contribution in [0, 0.1) is 5.82 Å². The molecule has 10 heteroatoms. The number of nitrogens with one attached hydrogen (secondary N) is 1. The van der Waals surface area contributed by atoms with Crippen molar-refractivity contribution < 1.29 is 32.9 Å². The predicted octanol–water partition coefficient (Wildman–Crippen LogP) is 6.01. The van der Waals surface area contributed by atoms with Crippen LogP contribution in [-0.2, 0) is 9.53 Å². The molecule has 1 aliphatic carbocycles. The number of nitrogens with zero attached hydrogens (tertiary/aromatic N) is 1. The SMILES string of the molecule is COc1cc2c(Oc3ccc(NC(=O)c4ccccc4F)cc3)ccnc2cc1OCC[C@H](N)C(=O)OC1CCCC1. The Morgan fingerprint density at radius 2 is 1.79 bits per heavy atom. The number of pyridine rings is 1. The molecule has 9 nitrogen and oxygen atoms in total. The van der Waals surface area contributed by atoms with Crippen molar-refractivity contribution in [3.05, 3.63) is 84.3 Å². The van der Waals surface area contributed by atoms with E-state index in [1.165, 1.54) is 25.3 Å². The minimum atomic E-state index is -0.769. The van der Waals surface area contributed by atoms with Gasteiger partial charge in [0.2, 0.25) is 0 Å². The summed E-state index contributed by atoms with van der Waals surface area (Å²) in [5.74, 6) is 0.438. The third kappa shape index (κ3) is 6.95. The molecule has 3 N–H and O–H groups in total. The fourth-order valence-electron chi connectivity index (χ4n) is 4.74. The summed E-state index contributed by atoms with van der Waals surface area (Å²) < 4.78 is 37.0. The highest BCUT2D eigenvalue weighted by molar-refractivity contribution is 6.04. The van der Waals surface area contributed by atoms with E-state index in [4.69, 9.17) is 24.7 Å². The zero-order valence-electron chi connectivity index (χ0n) is 23.2. The molecule has 0 spiro atoms. The number of anilines is 1. The van der Waals surface area contributed by atoms with E-state index in [0.717, 1.165) is 25.7 Å². The topological polar surface area (TPSA) is 122 Å². The maximum absolute atomic E-state index is 13.9. The highest BCUT2D eigenvalue weighted by Gasteiger charge is 2.23. The van der Waals surface area contributed by atoms with Crippen LogP contribution in [0.5, 0.6) is 23.0 Å². The van der Waals surface area contributed by atoms with Crippen LogP contribution in [0.25, 0.3) is 10.9 Å². The summed E-state index contributed by atoms with van der Waals surface area (Å²) in [6, 6.07) is 17.0. The molecule has 0 saturated heterocycles. The van der Waals surface area contributed by atoms with E-state index in [-0.39, 0.29) is 18.3 Å². The molecule has 1 atom stereocenters. The lowest BCUT2D eigenvalue weighted by Gasteiger charge is -2.17. The number of esters is 1. The number of amides is 1. The van der Waals surface area contributed by atoms with Gasteiger partial charge in [-0.3, -0.25) is 14.6 Å². The molecular weight excluding hydrogens is 541 g/mol. The zero-order valence-corrected chi connectivity index (χ0v) is 23.2. The standard InChI is InChI=1S/C32H32FN3O6/c1-39-29-18-24-27(19-30(29)40-17-15-26(34)32(38)42-21-6-2-3-7-21)35-16-14-28(24)41-22-12-10-20(11-13-22)36-31(37)23-8-4-5-9-25(23)33/h4-5,8-14,16,18-19,21,26H,2-3,6-7,15,17,34H2,1H3,(H,36,37)/t26-/m0/s1. The second kappa shape index (κ2) is 13.3. The van der Waals surface area contributed by atoms with Gasteiger partial charge in [0.05, 0.1) is 24.8 Å². The largest absolute Gasteiger partial charge is 0.493 e. The quantitative estimate of drug-likeness (QED) is 0.209. The minimum Gasteiger partial charge on any atom is -0.493 e. The number of hydrogen-bond donors (Lipinski definition) is 2. The number of methoxy groups -OCH3 is 1. The molecule has 0 aliphatic heterocycles. The van der Waals surface area contributed by atoms with Gasteiger partial charge < -0.3 is 30.0 Å². The van der Waals surface area contributed by atoms with Gasteiger partial charge in [0.1, 0.15) is 29.5 Å². The third-order valence-corrected chi connectivity index (χ3v) is 7.02. The van der Waals surface area contributed by atoms with Gasteiger partial charge in [-0.1, -0.05) is 12.1 Å². The van der Waals surface area contributed by atoms with Crippen molar-refractivity contribution in [1.82, 2.24) is 4.98 Å². The smallest absolute Gasteiger partial charge is 0.323 e. The van der Waals surface area contributed by atoms with E-state index in [9.17, 15) is 14.0 Å². The molecule has 0 bridgehead atoms. The van der Waals surface area contributed by atoms with E-state index in [1.54, 1.807) is 54.7 Å². The maximum Gasteiger partial charge on any atom is 0.323 e. The Kier molecular flexibility index (Phi) is 9.13. The summed E-state index contributed by atoms with van der Waals surface area (Å²) in [6.07, 6.45) is 5.81. The summed E-state index contributed by atoms with van der Waals surface area (Å²) in [5.41, 5.74) is 7.09. The summed E-state index contributed by atoms with van der Waals surface area (Å²) in [6.45, 7) is 0.193. The van der Waals surface area contributed by atoms with Gasteiger partial charge in [0.15, 0.2) is 11.5 Å². The summed E-state index contributed by atoms with van der Waals surface area (Å²) in [5, 5.41) is 3.37. The number of aromatic nitrogens is 1. The molecule has 3 aromatic carbocycles. The number of hydrogen-bond acceptors (Lipinski definition) is 8. The molecule has 0 radical (unpaired) electrons. The van der Waals surface area contributed by atoms with Crippen LogP contribution in [0.15, 0.2) is 72.9 Å². The highest BCUT2D eigenvalue weighted by Crippen LogP contribution is 2.37. The molecule has 1 aromatic heterocycles. The van der Waals surface area contributed by atoms with Gasteiger partial charge in [-0.25, -0.2) is 4.39 Å². The van der Waals surface area contributed by atoms with E-state index in [0.29, 0.717) is 46.0 Å². The number of carbonyl (C=O) groups is 2. The van der Waals surface area contributed by atoms with Crippen molar-refractivity contribution in [3.63, 3.8) is 0 Å². The number of carbonyl (C=O) groups excluding carboxylic acids is 2. The predicted molar refractivity (Wildman–Crippen MR) is 156 cm³/mol. The van der Waals surface area contributed by atoms with E-state index >= 15 is 0 Å². The van der Waals surface area contributed by atoms with E-state index < -0.39 is 23.7 Å². The number of rotatable bonds is 11. The van der Waals surface area contributed by atoms with Gasteiger partial charge in [0, 0.05) is 29.8 Å². The molecule has 1 amide bonds. The van der Waals surface area contributed by atoms with Crippen LogP contribution in [-0.4, -0.2) is 42.7 Å². The van der Waals surface area contributed by atoms with Crippen molar-refractivity contribution in [1.29, 1.82) is 0 Å².